The Kier molecular flexibility index (Phi) is 7.19. The van der Waals surface area contributed by atoms with Crippen LogP contribution in [0.2, 0.25) is 0 Å². The van der Waals surface area contributed by atoms with E-state index in [1.165, 1.54) is 0 Å². The summed E-state index contributed by atoms with van der Waals surface area (Å²) in [4.78, 5) is 41.9. The SMILES string of the molecule is COCCOCC(=O)N1CCN(C(=O)C2CC(=O)N(C(C)C)C2)CC1. The van der Waals surface area contributed by atoms with Crippen molar-refractivity contribution in [1.29, 1.82) is 0 Å². The highest BCUT2D eigenvalue weighted by molar-refractivity contribution is 5.89. The van der Waals surface area contributed by atoms with Gasteiger partial charge < -0.3 is 24.2 Å². The maximum Gasteiger partial charge on any atom is 0.248 e. The largest absolute Gasteiger partial charge is 0.382 e. The van der Waals surface area contributed by atoms with Gasteiger partial charge in [-0.25, -0.2) is 0 Å². The normalized spacial score (nSPS) is 21.4. The number of likely N-dealkylation sites (tertiary alicyclic amines) is 1. The van der Waals surface area contributed by atoms with E-state index in [0.717, 1.165) is 0 Å². The molecule has 0 N–H and O–H groups in total. The van der Waals surface area contributed by atoms with Gasteiger partial charge in [0.25, 0.3) is 0 Å². The first kappa shape index (κ1) is 19.7. The lowest BCUT2D eigenvalue weighted by atomic mass is 10.1. The first-order chi connectivity index (χ1) is 11.9. The van der Waals surface area contributed by atoms with Crippen LogP contribution in [0, 0.1) is 5.92 Å². The molecule has 0 spiro atoms. The molecule has 0 aromatic rings. The standard InChI is InChI=1S/C17H29N3O5/c1-13(2)20-11-14(10-15(20)21)17(23)19-6-4-18(5-7-19)16(22)12-25-9-8-24-3/h13-14H,4-12H2,1-3H3. The third-order valence-corrected chi connectivity index (χ3v) is 4.73. The number of amides is 3. The number of carbonyl (C=O) groups is 3. The van der Waals surface area contributed by atoms with Gasteiger partial charge in [0.1, 0.15) is 6.61 Å². The average molecular weight is 355 g/mol. The van der Waals surface area contributed by atoms with E-state index in [1.807, 2.05) is 13.8 Å². The predicted octanol–water partition coefficient (Wildman–Crippen LogP) is -0.423. The number of carbonyl (C=O) groups excluding carboxylic acids is 3. The molecule has 2 heterocycles. The fourth-order valence-corrected chi connectivity index (χ4v) is 3.22. The number of ether oxygens (including phenoxy) is 2. The first-order valence-electron chi connectivity index (χ1n) is 8.86. The minimum atomic E-state index is -0.255. The molecule has 2 aliphatic rings. The minimum absolute atomic E-state index is 0.0277. The zero-order valence-corrected chi connectivity index (χ0v) is 15.4. The summed E-state index contributed by atoms with van der Waals surface area (Å²) in [5.74, 6) is -0.241. The van der Waals surface area contributed by atoms with Gasteiger partial charge in [-0.15, -0.1) is 0 Å². The molecule has 2 saturated heterocycles. The molecule has 8 nitrogen and oxygen atoms in total. The third kappa shape index (κ3) is 5.15. The summed E-state index contributed by atoms with van der Waals surface area (Å²) in [6.45, 7) is 7.35. The van der Waals surface area contributed by atoms with Crippen LogP contribution in [0.5, 0.6) is 0 Å². The van der Waals surface area contributed by atoms with E-state index in [1.54, 1.807) is 21.8 Å². The molecule has 0 bridgehead atoms. The van der Waals surface area contributed by atoms with Crippen molar-refractivity contribution in [2.45, 2.75) is 26.3 Å². The Labute approximate surface area is 149 Å². The first-order valence-corrected chi connectivity index (χ1v) is 8.86. The molecule has 8 heteroatoms. The number of rotatable bonds is 7. The smallest absolute Gasteiger partial charge is 0.248 e. The highest BCUT2D eigenvalue weighted by Gasteiger charge is 2.38. The van der Waals surface area contributed by atoms with Crippen molar-refractivity contribution in [1.82, 2.24) is 14.7 Å². The van der Waals surface area contributed by atoms with E-state index in [-0.39, 0.29) is 36.3 Å². The third-order valence-electron chi connectivity index (χ3n) is 4.73. The molecular weight excluding hydrogens is 326 g/mol. The van der Waals surface area contributed by atoms with Crippen molar-refractivity contribution in [3.8, 4) is 0 Å². The van der Waals surface area contributed by atoms with Gasteiger partial charge in [-0.05, 0) is 13.8 Å². The van der Waals surface area contributed by atoms with Crippen LogP contribution in [-0.2, 0) is 23.9 Å². The van der Waals surface area contributed by atoms with Gasteiger partial charge >= 0.3 is 0 Å². The minimum Gasteiger partial charge on any atom is -0.382 e. The van der Waals surface area contributed by atoms with E-state index >= 15 is 0 Å². The molecule has 0 aliphatic carbocycles. The Balaban J connectivity index is 1.75. The van der Waals surface area contributed by atoms with Crippen LogP contribution in [0.15, 0.2) is 0 Å². The molecular formula is C17H29N3O5. The van der Waals surface area contributed by atoms with E-state index in [0.29, 0.717) is 52.4 Å². The van der Waals surface area contributed by atoms with E-state index < -0.39 is 0 Å². The van der Waals surface area contributed by atoms with Crippen LogP contribution in [-0.4, -0.2) is 98.1 Å². The summed E-state index contributed by atoms with van der Waals surface area (Å²) in [6.07, 6.45) is 0.295. The highest BCUT2D eigenvalue weighted by atomic mass is 16.5. The monoisotopic (exact) mass is 355 g/mol. The summed E-state index contributed by atoms with van der Waals surface area (Å²) in [6, 6.07) is 0.123. The molecule has 142 valence electrons. The molecule has 1 unspecified atom stereocenters. The molecule has 2 fully saturated rings. The lowest BCUT2D eigenvalue weighted by Crippen LogP contribution is -2.53. The summed E-state index contributed by atoms with van der Waals surface area (Å²) in [7, 11) is 1.58. The van der Waals surface area contributed by atoms with Gasteiger partial charge in [-0.3, -0.25) is 14.4 Å². The summed E-state index contributed by atoms with van der Waals surface area (Å²) < 4.78 is 10.1. The molecule has 0 saturated carbocycles. The van der Waals surface area contributed by atoms with Crippen LogP contribution in [0.25, 0.3) is 0 Å². The van der Waals surface area contributed by atoms with Gasteiger partial charge in [0.2, 0.25) is 17.7 Å². The van der Waals surface area contributed by atoms with Gasteiger partial charge in [-0.1, -0.05) is 0 Å². The molecule has 3 amide bonds. The Morgan fingerprint density at radius 1 is 1.12 bits per heavy atom. The second kappa shape index (κ2) is 9.15. The number of methoxy groups -OCH3 is 1. The maximum absolute atomic E-state index is 12.6. The van der Waals surface area contributed by atoms with Gasteiger partial charge in [0.05, 0.1) is 19.1 Å². The maximum atomic E-state index is 12.6. The molecule has 0 radical (unpaired) electrons. The molecule has 2 rings (SSSR count). The van der Waals surface area contributed by atoms with Gasteiger partial charge in [0.15, 0.2) is 0 Å². The van der Waals surface area contributed by atoms with Crippen LogP contribution >= 0.6 is 0 Å². The van der Waals surface area contributed by atoms with E-state index in [4.69, 9.17) is 9.47 Å². The topological polar surface area (TPSA) is 79.4 Å². The van der Waals surface area contributed by atoms with Crippen LogP contribution in [0.4, 0.5) is 0 Å². The zero-order valence-electron chi connectivity index (χ0n) is 15.4. The van der Waals surface area contributed by atoms with Gasteiger partial charge in [-0.2, -0.15) is 0 Å². The quantitative estimate of drug-likeness (QED) is 0.580. The molecule has 2 aliphatic heterocycles. The van der Waals surface area contributed by atoms with Crippen molar-refractivity contribution in [3.05, 3.63) is 0 Å². The van der Waals surface area contributed by atoms with Crippen molar-refractivity contribution in [2.24, 2.45) is 5.92 Å². The Morgan fingerprint density at radius 2 is 1.76 bits per heavy atom. The summed E-state index contributed by atoms with van der Waals surface area (Å²) in [5, 5.41) is 0. The Hall–Kier alpha value is -1.67. The fraction of sp³-hybridized carbons (Fsp3) is 0.824. The number of nitrogens with zero attached hydrogens (tertiary/aromatic N) is 3. The fourth-order valence-electron chi connectivity index (χ4n) is 3.22. The lowest BCUT2D eigenvalue weighted by Gasteiger charge is -2.36. The van der Waals surface area contributed by atoms with Crippen LogP contribution < -0.4 is 0 Å². The summed E-state index contributed by atoms with van der Waals surface area (Å²) in [5.41, 5.74) is 0. The zero-order chi connectivity index (χ0) is 18.4. The predicted molar refractivity (Wildman–Crippen MR) is 90.8 cm³/mol. The number of hydrogen-bond acceptors (Lipinski definition) is 5. The molecule has 25 heavy (non-hydrogen) atoms. The molecule has 1 atom stereocenters. The van der Waals surface area contributed by atoms with Crippen molar-refractivity contribution in [3.63, 3.8) is 0 Å². The van der Waals surface area contributed by atoms with Crippen LogP contribution in [0.3, 0.4) is 0 Å². The lowest BCUT2D eigenvalue weighted by molar-refractivity contribution is -0.144. The molecule has 0 aromatic carbocycles. The van der Waals surface area contributed by atoms with E-state index in [9.17, 15) is 14.4 Å². The van der Waals surface area contributed by atoms with E-state index in [2.05, 4.69) is 0 Å². The van der Waals surface area contributed by atoms with Crippen molar-refractivity contribution >= 4 is 17.7 Å². The second-order valence-electron chi connectivity index (χ2n) is 6.79. The Bertz CT molecular complexity index is 489. The highest BCUT2D eigenvalue weighted by Crippen LogP contribution is 2.22. The van der Waals surface area contributed by atoms with Crippen molar-refractivity contribution in [2.75, 3.05) is 59.7 Å². The average Bonchev–Trinajstić information content (AvgIpc) is 3.00. The second-order valence-corrected chi connectivity index (χ2v) is 6.79. The number of hydrogen-bond donors (Lipinski definition) is 0. The number of piperazine rings is 1. The van der Waals surface area contributed by atoms with Crippen LogP contribution in [0.1, 0.15) is 20.3 Å². The van der Waals surface area contributed by atoms with Gasteiger partial charge in [0, 0.05) is 52.3 Å². The van der Waals surface area contributed by atoms with Crippen molar-refractivity contribution < 1.29 is 23.9 Å². The summed E-state index contributed by atoms with van der Waals surface area (Å²) >= 11 is 0. The molecule has 0 aromatic heterocycles. The Morgan fingerprint density at radius 3 is 2.32 bits per heavy atom.